The van der Waals surface area contributed by atoms with Crippen LogP contribution in [0.2, 0.25) is 0 Å². The van der Waals surface area contributed by atoms with E-state index in [1.807, 2.05) is 52.0 Å². The number of ether oxygens (including phenoxy) is 2. The Labute approximate surface area is 200 Å². The lowest BCUT2D eigenvalue weighted by atomic mass is 9.90. The molecule has 0 fully saturated rings. The summed E-state index contributed by atoms with van der Waals surface area (Å²) in [6.07, 6.45) is 8.30. The molecule has 0 saturated heterocycles. The molecular formula is C27H44N2O4. The molecule has 0 spiro atoms. The summed E-state index contributed by atoms with van der Waals surface area (Å²) in [6, 6.07) is 8.17. The van der Waals surface area contributed by atoms with Crippen LogP contribution in [0.5, 0.6) is 0 Å². The molecule has 186 valence electrons. The van der Waals surface area contributed by atoms with Gasteiger partial charge in [0.25, 0.3) is 0 Å². The van der Waals surface area contributed by atoms with Crippen LogP contribution < -0.4 is 10.6 Å². The molecule has 1 rings (SSSR count). The number of carbonyl (C=O) groups excluding carboxylic acids is 2. The molecule has 6 heteroatoms. The number of alkyl carbamates (subject to hydrolysis) is 1. The smallest absolute Gasteiger partial charge is 0.407 e. The van der Waals surface area contributed by atoms with Gasteiger partial charge in [-0.1, -0.05) is 62.8 Å². The average Bonchev–Trinajstić information content (AvgIpc) is 2.74. The van der Waals surface area contributed by atoms with Gasteiger partial charge in [0.2, 0.25) is 0 Å². The molecule has 0 radical (unpaired) electrons. The Morgan fingerprint density at radius 1 is 1.15 bits per heavy atom. The maximum atomic E-state index is 12.1. The summed E-state index contributed by atoms with van der Waals surface area (Å²) in [4.78, 5) is 23.7. The molecule has 0 aromatic heterocycles. The lowest BCUT2D eigenvalue weighted by molar-refractivity contribution is -0.153. The monoisotopic (exact) mass is 460 g/mol. The first-order chi connectivity index (χ1) is 15.7. The van der Waals surface area contributed by atoms with E-state index < -0.39 is 11.7 Å². The zero-order chi connectivity index (χ0) is 25.1. The van der Waals surface area contributed by atoms with Crippen molar-refractivity contribution in [3.63, 3.8) is 0 Å². The predicted octanol–water partition coefficient (Wildman–Crippen LogP) is 5.54. The van der Waals surface area contributed by atoms with Gasteiger partial charge in [-0.15, -0.1) is 6.58 Å². The van der Waals surface area contributed by atoms with Crippen molar-refractivity contribution < 1.29 is 19.1 Å². The second-order valence-corrected chi connectivity index (χ2v) is 8.69. The van der Waals surface area contributed by atoms with E-state index in [4.69, 9.17) is 9.47 Å². The van der Waals surface area contributed by atoms with Crippen molar-refractivity contribution in [3.8, 4) is 0 Å². The minimum atomic E-state index is -0.505. The topological polar surface area (TPSA) is 76.7 Å². The summed E-state index contributed by atoms with van der Waals surface area (Å²) in [5.74, 6) is -0.247. The molecule has 1 aromatic carbocycles. The lowest BCUT2D eigenvalue weighted by Crippen LogP contribution is -2.36. The summed E-state index contributed by atoms with van der Waals surface area (Å²) >= 11 is 0. The zero-order valence-corrected chi connectivity index (χ0v) is 21.4. The van der Waals surface area contributed by atoms with Crippen molar-refractivity contribution in [2.24, 2.45) is 0 Å². The van der Waals surface area contributed by atoms with E-state index in [1.165, 1.54) is 17.5 Å². The average molecular weight is 461 g/mol. The predicted molar refractivity (Wildman–Crippen MR) is 137 cm³/mol. The fourth-order valence-electron chi connectivity index (χ4n) is 2.91. The van der Waals surface area contributed by atoms with Gasteiger partial charge in [-0.3, -0.25) is 4.79 Å². The highest BCUT2D eigenvalue weighted by Crippen LogP contribution is 2.25. The van der Waals surface area contributed by atoms with Gasteiger partial charge in [0.1, 0.15) is 12.2 Å². The molecule has 0 heterocycles. The van der Waals surface area contributed by atoms with Crippen LogP contribution in [0.25, 0.3) is 0 Å². The van der Waals surface area contributed by atoms with E-state index in [0.717, 1.165) is 12.8 Å². The molecule has 1 atom stereocenters. The van der Waals surface area contributed by atoms with Gasteiger partial charge < -0.3 is 20.1 Å². The minimum Gasteiger partial charge on any atom is -0.459 e. The number of esters is 1. The zero-order valence-electron chi connectivity index (χ0n) is 21.4. The quantitative estimate of drug-likeness (QED) is 0.243. The number of allylic oxidation sites excluding steroid dienone is 3. The molecular weight excluding hydrogens is 416 g/mol. The first-order valence-electron chi connectivity index (χ1n) is 11.8. The third kappa shape index (κ3) is 15.8. The van der Waals surface area contributed by atoms with Crippen LogP contribution in [0.4, 0.5) is 4.79 Å². The number of carbonyl (C=O) groups is 2. The van der Waals surface area contributed by atoms with Gasteiger partial charge in [-0.05, 0) is 51.7 Å². The highest BCUT2D eigenvalue weighted by atomic mass is 16.6. The Morgan fingerprint density at radius 3 is 2.42 bits per heavy atom. The molecule has 1 amide bonds. The first-order valence-corrected chi connectivity index (χ1v) is 11.8. The van der Waals surface area contributed by atoms with Crippen LogP contribution in [0.3, 0.4) is 0 Å². The van der Waals surface area contributed by atoms with Gasteiger partial charge in [-0.25, -0.2) is 4.79 Å². The van der Waals surface area contributed by atoms with Crippen LogP contribution in [-0.2, 0) is 20.7 Å². The molecule has 0 aliphatic heterocycles. The number of rotatable bonds is 12. The van der Waals surface area contributed by atoms with E-state index in [2.05, 4.69) is 49.3 Å². The number of hydrogen-bond acceptors (Lipinski definition) is 5. The Morgan fingerprint density at radius 2 is 1.82 bits per heavy atom. The molecule has 0 aliphatic carbocycles. The van der Waals surface area contributed by atoms with Gasteiger partial charge in [-0.2, -0.15) is 0 Å². The van der Waals surface area contributed by atoms with Crippen LogP contribution in [0.15, 0.2) is 49.1 Å². The van der Waals surface area contributed by atoms with E-state index >= 15 is 0 Å². The SMILES string of the molecule is C=CCc1ccccc1C(C/C=C\C)COC(=O)NCCNCC(=O)OC(C)(C)C.CCC. The normalized spacial score (nSPS) is 11.8. The van der Waals surface area contributed by atoms with Gasteiger partial charge in [0.15, 0.2) is 0 Å². The third-order valence-electron chi connectivity index (χ3n) is 4.19. The largest absolute Gasteiger partial charge is 0.459 e. The molecule has 0 saturated carbocycles. The maximum absolute atomic E-state index is 12.1. The van der Waals surface area contributed by atoms with Gasteiger partial charge in [0, 0.05) is 19.0 Å². The lowest BCUT2D eigenvalue weighted by Gasteiger charge is -2.20. The maximum Gasteiger partial charge on any atom is 0.407 e. The number of hydrogen-bond donors (Lipinski definition) is 2. The fourth-order valence-corrected chi connectivity index (χ4v) is 2.91. The Hall–Kier alpha value is -2.60. The van der Waals surface area contributed by atoms with Crippen molar-refractivity contribution >= 4 is 12.1 Å². The molecule has 0 aliphatic rings. The fraction of sp³-hybridized carbons (Fsp3) is 0.556. The second-order valence-electron chi connectivity index (χ2n) is 8.69. The summed E-state index contributed by atoms with van der Waals surface area (Å²) < 4.78 is 10.7. The van der Waals surface area contributed by atoms with Crippen molar-refractivity contribution in [3.05, 3.63) is 60.2 Å². The Bertz CT molecular complexity index is 723. The molecule has 33 heavy (non-hydrogen) atoms. The van der Waals surface area contributed by atoms with Crippen molar-refractivity contribution in [2.45, 2.75) is 72.3 Å². The summed E-state index contributed by atoms with van der Waals surface area (Å²) in [6.45, 7) is 16.7. The summed E-state index contributed by atoms with van der Waals surface area (Å²) in [7, 11) is 0. The molecule has 6 nitrogen and oxygen atoms in total. The van der Waals surface area contributed by atoms with Gasteiger partial charge in [0.05, 0.1) is 6.54 Å². The number of nitrogens with one attached hydrogen (secondary N) is 2. The van der Waals surface area contributed by atoms with Crippen LogP contribution in [0, 0.1) is 0 Å². The molecule has 0 bridgehead atoms. The first kappa shape index (κ1) is 30.4. The molecule has 1 unspecified atom stereocenters. The number of amides is 1. The minimum absolute atomic E-state index is 0.0772. The van der Waals surface area contributed by atoms with Crippen LogP contribution in [-0.4, -0.2) is 43.9 Å². The molecule has 2 N–H and O–H groups in total. The second kappa shape index (κ2) is 17.9. The van der Waals surface area contributed by atoms with Crippen molar-refractivity contribution in [1.29, 1.82) is 0 Å². The highest BCUT2D eigenvalue weighted by molar-refractivity contribution is 5.72. The third-order valence-corrected chi connectivity index (χ3v) is 4.19. The Balaban J connectivity index is 0.00000322. The van der Waals surface area contributed by atoms with E-state index in [0.29, 0.717) is 13.1 Å². The summed E-state index contributed by atoms with van der Waals surface area (Å²) in [5.41, 5.74) is 1.86. The summed E-state index contributed by atoms with van der Waals surface area (Å²) in [5, 5.41) is 5.64. The number of benzene rings is 1. The van der Waals surface area contributed by atoms with Crippen molar-refractivity contribution in [1.82, 2.24) is 10.6 Å². The van der Waals surface area contributed by atoms with Crippen LogP contribution in [0.1, 0.15) is 71.4 Å². The van der Waals surface area contributed by atoms with E-state index in [1.54, 1.807) is 0 Å². The van der Waals surface area contributed by atoms with Gasteiger partial charge >= 0.3 is 12.1 Å². The highest BCUT2D eigenvalue weighted by Gasteiger charge is 2.17. The van der Waals surface area contributed by atoms with Crippen LogP contribution >= 0.6 is 0 Å². The Kier molecular flexibility index (Phi) is 16.5. The van der Waals surface area contributed by atoms with E-state index in [-0.39, 0.29) is 25.0 Å². The van der Waals surface area contributed by atoms with E-state index in [9.17, 15) is 9.59 Å². The van der Waals surface area contributed by atoms with Crippen molar-refractivity contribution in [2.75, 3.05) is 26.2 Å². The standard InChI is InChI=1S/C24H36N2O4.C3H8/c1-6-8-12-20(21-14-10-9-13-19(21)11-7-2)18-29-23(28)26-16-15-25-17-22(27)30-24(3,4)5;1-3-2/h6-10,13-14,20,25H,2,11-12,15-18H2,1,3-5H3,(H,26,28);3H2,1-2H3/b8-6-;. The molecule has 1 aromatic rings.